The van der Waals surface area contributed by atoms with Gasteiger partial charge in [-0.15, -0.1) is 0 Å². The van der Waals surface area contributed by atoms with E-state index in [9.17, 15) is 18.0 Å². The minimum atomic E-state index is -4.83. The molecule has 0 aromatic carbocycles. The molecule has 0 aliphatic carbocycles. The summed E-state index contributed by atoms with van der Waals surface area (Å²) in [6, 6.07) is -0.0141. The van der Waals surface area contributed by atoms with Gasteiger partial charge in [-0.3, -0.25) is 9.48 Å². The van der Waals surface area contributed by atoms with Gasteiger partial charge >= 0.3 is 6.18 Å². The Bertz CT molecular complexity index is 356. The van der Waals surface area contributed by atoms with E-state index in [0.717, 1.165) is 18.8 Å². The molecule has 0 spiro atoms. The molecule has 0 N–H and O–H groups in total. The third kappa shape index (κ3) is 2.57. The van der Waals surface area contributed by atoms with Crippen molar-refractivity contribution in [3.63, 3.8) is 0 Å². The van der Waals surface area contributed by atoms with Crippen LogP contribution in [-0.2, 0) is 0 Å². The van der Waals surface area contributed by atoms with Crippen LogP contribution in [0.3, 0.4) is 0 Å². The molecule has 0 amide bonds. The number of rotatable bonds is 3. The molecule has 84 valence electrons. The number of aromatic nitrogens is 2. The third-order valence-corrected chi connectivity index (χ3v) is 2.16. The van der Waals surface area contributed by atoms with E-state index in [0.29, 0.717) is 0 Å². The van der Waals surface area contributed by atoms with Crippen LogP contribution in [0.5, 0.6) is 0 Å². The van der Waals surface area contributed by atoms with Gasteiger partial charge in [-0.2, -0.15) is 18.3 Å². The Balaban J connectivity index is 2.90. The number of ketones is 1. The molecule has 1 aromatic heterocycles. The second kappa shape index (κ2) is 4.04. The first-order valence-corrected chi connectivity index (χ1v) is 4.52. The Labute approximate surface area is 84.9 Å². The zero-order valence-corrected chi connectivity index (χ0v) is 8.38. The lowest BCUT2D eigenvalue weighted by Crippen LogP contribution is -2.22. The van der Waals surface area contributed by atoms with Crippen LogP contribution in [0, 0.1) is 0 Å². The molecule has 1 aromatic rings. The molecule has 0 bridgehead atoms. The van der Waals surface area contributed by atoms with Crippen LogP contribution in [0.25, 0.3) is 0 Å². The highest BCUT2D eigenvalue weighted by Gasteiger charge is 2.40. The maximum absolute atomic E-state index is 12.0. The second-order valence-corrected chi connectivity index (χ2v) is 3.29. The number of nitrogens with zero attached hydrogens (tertiary/aromatic N) is 2. The fourth-order valence-corrected chi connectivity index (χ4v) is 1.05. The van der Waals surface area contributed by atoms with Crippen molar-refractivity contribution in [2.75, 3.05) is 0 Å². The molecule has 1 rings (SSSR count). The molecule has 0 fully saturated rings. The second-order valence-electron chi connectivity index (χ2n) is 3.29. The first-order valence-electron chi connectivity index (χ1n) is 4.52. The van der Waals surface area contributed by atoms with Gasteiger partial charge in [0.1, 0.15) is 0 Å². The summed E-state index contributed by atoms with van der Waals surface area (Å²) in [5, 5.41) is 3.72. The average Bonchev–Trinajstić information content (AvgIpc) is 2.62. The predicted octanol–water partition coefficient (Wildman–Crippen LogP) is 2.60. The van der Waals surface area contributed by atoms with Crippen LogP contribution in [0.4, 0.5) is 13.2 Å². The molecule has 0 saturated heterocycles. The standard InChI is InChI=1S/C9H11F3N2O/c1-3-6(2)14-5-7(4-13-14)8(15)9(10,11)12/h4-6H,3H2,1-2H3/t6-/m0/s1. The maximum atomic E-state index is 12.0. The molecule has 6 heteroatoms. The first-order chi connectivity index (χ1) is 6.86. The van der Waals surface area contributed by atoms with Gasteiger partial charge < -0.3 is 0 Å². The Kier molecular flexibility index (Phi) is 3.16. The minimum Gasteiger partial charge on any atom is -0.284 e. The van der Waals surface area contributed by atoms with Crippen LogP contribution in [0.15, 0.2) is 12.4 Å². The number of hydrogen-bond donors (Lipinski definition) is 0. The molecule has 1 heterocycles. The molecule has 0 saturated carbocycles. The predicted molar refractivity (Wildman–Crippen MR) is 47.6 cm³/mol. The lowest BCUT2D eigenvalue weighted by Gasteiger charge is -2.07. The molecule has 0 aliphatic rings. The van der Waals surface area contributed by atoms with Gasteiger partial charge in [0.2, 0.25) is 0 Å². The lowest BCUT2D eigenvalue weighted by atomic mass is 10.2. The third-order valence-electron chi connectivity index (χ3n) is 2.16. The molecule has 0 aliphatic heterocycles. The summed E-state index contributed by atoms with van der Waals surface area (Å²) >= 11 is 0. The van der Waals surface area contributed by atoms with Crippen molar-refractivity contribution in [1.82, 2.24) is 9.78 Å². The number of Topliss-reactive ketones (excluding diaryl/α,β-unsaturated/α-hetero) is 1. The quantitative estimate of drug-likeness (QED) is 0.734. The zero-order chi connectivity index (χ0) is 11.6. The summed E-state index contributed by atoms with van der Waals surface area (Å²) in [6.45, 7) is 3.70. The Hall–Kier alpha value is -1.33. The number of alkyl halides is 3. The van der Waals surface area contributed by atoms with E-state index in [1.807, 2.05) is 13.8 Å². The van der Waals surface area contributed by atoms with Crippen LogP contribution < -0.4 is 0 Å². The fraction of sp³-hybridized carbons (Fsp3) is 0.556. The van der Waals surface area contributed by atoms with Gasteiger partial charge in [-0.05, 0) is 13.3 Å². The summed E-state index contributed by atoms with van der Waals surface area (Å²) in [7, 11) is 0. The van der Waals surface area contributed by atoms with Crippen molar-refractivity contribution in [2.45, 2.75) is 32.5 Å². The summed E-state index contributed by atoms with van der Waals surface area (Å²) in [6.07, 6.45) is -2.02. The summed E-state index contributed by atoms with van der Waals surface area (Å²) < 4.78 is 37.5. The van der Waals surface area contributed by atoms with Crippen LogP contribution in [-0.4, -0.2) is 21.7 Å². The average molecular weight is 220 g/mol. The Morgan fingerprint density at radius 1 is 1.60 bits per heavy atom. The van der Waals surface area contributed by atoms with Crippen molar-refractivity contribution < 1.29 is 18.0 Å². The van der Waals surface area contributed by atoms with E-state index in [2.05, 4.69) is 5.10 Å². The summed E-state index contributed by atoms with van der Waals surface area (Å²) in [5.74, 6) is -1.85. The van der Waals surface area contributed by atoms with Crippen LogP contribution in [0.1, 0.15) is 36.7 Å². The van der Waals surface area contributed by atoms with Gasteiger partial charge in [-0.25, -0.2) is 0 Å². The number of halogens is 3. The number of carbonyl (C=O) groups excluding carboxylic acids is 1. The molecule has 3 nitrogen and oxygen atoms in total. The van der Waals surface area contributed by atoms with E-state index >= 15 is 0 Å². The number of carbonyl (C=O) groups is 1. The highest BCUT2D eigenvalue weighted by Crippen LogP contribution is 2.21. The largest absolute Gasteiger partial charge is 0.454 e. The van der Waals surface area contributed by atoms with E-state index in [4.69, 9.17) is 0 Å². The topological polar surface area (TPSA) is 34.9 Å². The highest BCUT2D eigenvalue weighted by molar-refractivity contribution is 5.99. The molecule has 0 radical (unpaired) electrons. The van der Waals surface area contributed by atoms with Gasteiger partial charge in [0.25, 0.3) is 5.78 Å². The van der Waals surface area contributed by atoms with Gasteiger partial charge in [0, 0.05) is 12.2 Å². The Morgan fingerprint density at radius 3 is 2.67 bits per heavy atom. The van der Waals surface area contributed by atoms with E-state index in [1.165, 1.54) is 4.68 Å². The maximum Gasteiger partial charge on any atom is 0.454 e. The molecule has 1 atom stereocenters. The van der Waals surface area contributed by atoms with E-state index in [-0.39, 0.29) is 6.04 Å². The summed E-state index contributed by atoms with van der Waals surface area (Å²) in [4.78, 5) is 10.8. The normalized spacial score (nSPS) is 13.9. The summed E-state index contributed by atoms with van der Waals surface area (Å²) in [5.41, 5.74) is -0.414. The van der Waals surface area contributed by atoms with E-state index in [1.54, 1.807) is 0 Å². The Morgan fingerprint density at radius 2 is 2.20 bits per heavy atom. The number of hydrogen-bond acceptors (Lipinski definition) is 2. The first kappa shape index (κ1) is 11.7. The molecular formula is C9H11F3N2O. The van der Waals surface area contributed by atoms with Crippen molar-refractivity contribution in [3.8, 4) is 0 Å². The van der Waals surface area contributed by atoms with Crippen molar-refractivity contribution >= 4 is 5.78 Å². The van der Waals surface area contributed by atoms with E-state index < -0.39 is 17.5 Å². The minimum absolute atomic E-state index is 0.0141. The van der Waals surface area contributed by atoms with Crippen LogP contribution in [0.2, 0.25) is 0 Å². The SMILES string of the molecule is CC[C@H](C)n1cc(C(=O)C(F)(F)F)cn1. The zero-order valence-electron chi connectivity index (χ0n) is 8.38. The smallest absolute Gasteiger partial charge is 0.284 e. The molecular weight excluding hydrogens is 209 g/mol. The van der Waals surface area contributed by atoms with Gasteiger partial charge in [-0.1, -0.05) is 6.92 Å². The van der Waals surface area contributed by atoms with Gasteiger partial charge in [0.05, 0.1) is 11.8 Å². The van der Waals surface area contributed by atoms with Crippen molar-refractivity contribution in [3.05, 3.63) is 18.0 Å². The van der Waals surface area contributed by atoms with Crippen LogP contribution >= 0.6 is 0 Å². The molecule has 15 heavy (non-hydrogen) atoms. The monoisotopic (exact) mass is 220 g/mol. The van der Waals surface area contributed by atoms with Crippen molar-refractivity contribution in [2.24, 2.45) is 0 Å². The lowest BCUT2D eigenvalue weighted by molar-refractivity contribution is -0.0885. The van der Waals surface area contributed by atoms with Crippen molar-refractivity contribution in [1.29, 1.82) is 0 Å². The van der Waals surface area contributed by atoms with Gasteiger partial charge in [0.15, 0.2) is 0 Å². The highest BCUT2D eigenvalue weighted by atomic mass is 19.4. The molecule has 0 unspecified atom stereocenters. The fourth-order valence-electron chi connectivity index (χ4n) is 1.05.